The van der Waals surface area contributed by atoms with Crippen molar-refractivity contribution in [2.75, 3.05) is 7.05 Å². The molecule has 0 saturated carbocycles. The number of unbranched alkanes of at least 4 members (excludes halogenated alkanes) is 1. The van der Waals surface area contributed by atoms with Crippen LogP contribution in [-0.4, -0.2) is 30.2 Å². The molecule has 0 spiro atoms. The molecule has 2 aliphatic heterocycles. The molecule has 5 atom stereocenters. The average molecular weight is 275 g/mol. The summed E-state index contributed by atoms with van der Waals surface area (Å²) < 4.78 is 14.5. The largest absolute Gasteiger partial charge is 0.297 e. The van der Waals surface area contributed by atoms with Gasteiger partial charge in [-0.2, -0.15) is 0 Å². The Labute approximate surface area is 122 Å². The van der Waals surface area contributed by atoms with E-state index in [0.717, 1.165) is 19.3 Å². The van der Waals surface area contributed by atoms with Crippen molar-refractivity contribution in [1.82, 2.24) is 4.90 Å². The van der Waals surface area contributed by atoms with Crippen LogP contribution in [0.2, 0.25) is 0 Å². The first-order chi connectivity index (χ1) is 9.72. The van der Waals surface area contributed by atoms with E-state index in [4.69, 9.17) is 0 Å². The molecule has 3 rings (SSSR count). The number of benzene rings is 1. The minimum absolute atomic E-state index is 0.144. The molecule has 2 heteroatoms. The van der Waals surface area contributed by atoms with Gasteiger partial charge in [-0.25, -0.2) is 4.39 Å². The van der Waals surface area contributed by atoms with Crippen molar-refractivity contribution >= 4 is 0 Å². The molecule has 2 fully saturated rings. The van der Waals surface area contributed by atoms with E-state index in [9.17, 15) is 4.39 Å². The van der Waals surface area contributed by atoms with Gasteiger partial charge in [0.05, 0.1) is 0 Å². The number of fused-ring (bicyclic) bond motifs is 2. The number of piperidine rings is 1. The van der Waals surface area contributed by atoms with Crippen LogP contribution in [0, 0.1) is 5.92 Å². The fourth-order valence-corrected chi connectivity index (χ4v) is 4.50. The van der Waals surface area contributed by atoms with Gasteiger partial charge in [-0.15, -0.1) is 0 Å². The quantitative estimate of drug-likeness (QED) is 0.787. The predicted octanol–water partition coefficient (Wildman–Crippen LogP) is 4.39. The van der Waals surface area contributed by atoms with E-state index in [-0.39, 0.29) is 6.04 Å². The molecular weight excluding hydrogens is 249 g/mol. The Morgan fingerprint density at radius 3 is 2.65 bits per heavy atom. The first kappa shape index (κ1) is 14.1. The van der Waals surface area contributed by atoms with Crippen LogP contribution < -0.4 is 0 Å². The Morgan fingerprint density at radius 2 is 1.95 bits per heavy atom. The summed E-state index contributed by atoms with van der Waals surface area (Å²) in [5.41, 5.74) is 1.42. The molecule has 2 saturated heterocycles. The Morgan fingerprint density at radius 1 is 1.20 bits per heavy atom. The second kappa shape index (κ2) is 5.85. The SMILES string of the molecule is CCCCC1C(c2ccccc2)CC2CC(F)C1N2C. The van der Waals surface area contributed by atoms with Crippen LogP contribution in [-0.2, 0) is 0 Å². The maximum Gasteiger partial charge on any atom is 0.117 e. The Kier molecular flexibility index (Phi) is 4.11. The van der Waals surface area contributed by atoms with Gasteiger partial charge >= 0.3 is 0 Å². The number of halogens is 1. The van der Waals surface area contributed by atoms with E-state index in [1.807, 2.05) is 0 Å². The topological polar surface area (TPSA) is 3.24 Å². The second-order valence-corrected chi connectivity index (χ2v) is 6.62. The van der Waals surface area contributed by atoms with E-state index in [2.05, 4.69) is 49.2 Å². The molecule has 1 aromatic carbocycles. The van der Waals surface area contributed by atoms with Crippen molar-refractivity contribution < 1.29 is 4.39 Å². The monoisotopic (exact) mass is 275 g/mol. The van der Waals surface area contributed by atoms with Crippen LogP contribution in [0.4, 0.5) is 4.39 Å². The van der Waals surface area contributed by atoms with Gasteiger partial charge in [0.25, 0.3) is 0 Å². The normalized spacial score (nSPS) is 37.2. The summed E-state index contributed by atoms with van der Waals surface area (Å²) in [5.74, 6) is 1.03. The predicted molar refractivity (Wildman–Crippen MR) is 81.7 cm³/mol. The van der Waals surface area contributed by atoms with E-state index in [1.54, 1.807) is 0 Å². The molecule has 0 N–H and O–H groups in total. The lowest BCUT2D eigenvalue weighted by atomic mass is 9.74. The molecule has 2 heterocycles. The molecular formula is C18H26FN. The van der Waals surface area contributed by atoms with Crippen LogP contribution in [0.3, 0.4) is 0 Å². The fourth-order valence-electron chi connectivity index (χ4n) is 4.50. The highest BCUT2D eigenvalue weighted by Crippen LogP contribution is 2.48. The van der Waals surface area contributed by atoms with Gasteiger partial charge in [0.2, 0.25) is 0 Å². The maximum atomic E-state index is 14.5. The summed E-state index contributed by atoms with van der Waals surface area (Å²) in [6.07, 6.45) is 4.84. The first-order valence-corrected chi connectivity index (χ1v) is 8.13. The Bertz CT molecular complexity index is 432. The highest BCUT2D eigenvalue weighted by atomic mass is 19.1. The molecule has 1 aromatic rings. The van der Waals surface area contributed by atoms with Gasteiger partial charge in [0, 0.05) is 12.1 Å². The van der Waals surface area contributed by atoms with E-state index < -0.39 is 6.17 Å². The lowest BCUT2D eigenvalue weighted by molar-refractivity contribution is 0.0697. The summed E-state index contributed by atoms with van der Waals surface area (Å²) in [6.45, 7) is 2.23. The minimum atomic E-state index is -0.624. The van der Waals surface area contributed by atoms with Crippen molar-refractivity contribution in [2.24, 2.45) is 5.92 Å². The number of hydrogen-bond donors (Lipinski definition) is 0. The molecule has 2 aliphatic rings. The van der Waals surface area contributed by atoms with Gasteiger partial charge in [-0.1, -0.05) is 50.1 Å². The molecule has 5 unspecified atom stereocenters. The third kappa shape index (κ3) is 2.39. The van der Waals surface area contributed by atoms with Gasteiger partial charge in [0.15, 0.2) is 0 Å². The van der Waals surface area contributed by atoms with E-state index >= 15 is 0 Å². The van der Waals surface area contributed by atoms with Crippen molar-refractivity contribution in [3.05, 3.63) is 35.9 Å². The molecule has 0 aromatic heterocycles. The van der Waals surface area contributed by atoms with Crippen molar-refractivity contribution in [3.8, 4) is 0 Å². The molecule has 20 heavy (non-hydrogen) atoms. The average Bonchev–Trinajstić information content (AvgIpc) is 2.66. The zero-order valence-corrected chi connectivity index (χ0v) is 12.6. The van der Waals surface area contributed by atoms with E-state index in [1.165, 1.54) is 18.4 Å². The fraction of sp³-hybridized carbons (Fsp3) is 0.667. The maximum absolute atomic E-state index is 14.5. The standard InChI is InChI=1S/C18H26FN/c1-3-4-10-15-16(13-8-6-5-7-9-13)11-14-12-17(19)18(15)20(14)2/h5-9,14-18H,3-4,10-12H2,1-2H3. The van der Waals surface area contributed by atoms with Gasteiger partial charge in [-0.3, -0.25) is 4.90 Å². The number of rotatable bonds is 4. The molecule has 0 amide bonds. The van der Waals surface area contributed by atoms with Crippen LogP contribution in [0.25, 0.3) is 0 Å². The Balaban J connectivity index is 1.88. The van der Waals surface area contributed by atoms with Gasteiger partial charge < -0.3 is 0 Å². The molecule has 0 aliphatic carbocycles. The molecule has 0 radical (unpaired) electrons. The zero-order valence-electron chi connectivity index (χ0n) is 12.6. The Hall–Kier alpha value is -0.890. The number of alkyl halides is 1. The first-order valence-electron chi connectivity index (χ1n) is 8.13. The van der Waals surface area contributed by atoms with Crippen LogP contribution in [0.1, 0.15) is 50.5 Å². The smallest absolute Gasteiger partial charge is 0.117 e. The van der Waals surface area contributed by atoms with Crippen molar-refractivity contribution in [1.29, 1.82) is 0 Å². The van der Waals surface area contributed by atoms with E-state index in [0.29, 0.717) is 17.9 Å². The summed E-state index contributed by atoms with van der Waals surface area (Å²) in [5, 5.41) is 0. The number of nitrogens with zero attached hydrogens (tertiary/aromatic N) is 1. The molecule has 1 nitrogen and oxygen atoms in total. The summed E-state index contributed by atoms with van der Waals surface area (Å²) in [7, 11) is 2.13. The third-order valence-electron chi connectivity index (χ3n) is 5.51. The second-order valence-electron chi connectivity index (χ2n) is 6.62. The summed E-state index contributed by atoms with van der Waals surface area (Å²) in [4.78, 5) is 2.34. The van der Waals surface area contributed by atoms with Crippen LogP contribution in [0.5, 0.6) is 0 Å². The highest BCUT2D eigenvalue weighted by Gasteiger charge is 2.50. The minimum Gasteiger partial charge on any atom is -0.297 e. The lowest BCUT2D eigenvalue weighted by Gasteiger charge is -2.43. The number of hydrogen-bond acceptors (Lipinski definition) is 1. The molecule has 2 bridgehead atoms. The lowest BCUT2D eigenvalue weighted by Crippen LogP contribution is -2.47. The zero-order chi connectivity index (χ0) is 14.1. The van der Waals surface area contributed by atoms with Crippen molar-refractivity contribution in [3.63, 3.8) is 0 Å². The van der Waals surface area contributed by atoms with Gasteiger partial charge in [0.1, 0.15) is 6.17 Å². The third-order valence-corrected chi connectivity index (χ3v) is 5.51. The highest BCUT2D eigenvalue weighted by molar-refractivity contribution is 5.24. The van der Waals surface area contributed by atoms with Crippen LogP contribution >= 0.6 is 0 Å². The summed E-state index contributed by atoms with van der Waals surface area (Å²) >= 11 is 0. The van der Waals surface area contributed by atoms with Crippen molar-refractivity contribution in [2.45, 2.75) is 63.2 Å². The van der Waals surface area contributed by atoms with Crippen LogP contribution in [0.15, 0.2) is 30.3 Å². The summed E-state index contributed by atoms with van der Waals surface area (Å²) in [6, 6.07) is 11.4. The molecule has 110 valence electrons. The van der Waals surface area contributed by atoms with Gasteiger partial charge in [-0.05, 0) is 43.7 Å².